The zero-order chi connectivity index (χ0) is 16.9. The van der Waals surface area contributed by atoms with Crippen LogP contribution in [0.5, 0.6) is 0 Å². The van der Waals surface area contributed by atoms with Crippen LogP contribution in [-0.4, -0.2) is 25.0 Å². The van der Waals surface area contributed by atoms with E-state index in [4.69, 9.17) is 0 Å². The van der Waals surface area contributed by atoms with Gasteiger partial charge in [-0.2, -0.15) is 0 Å². The molecule has 23 heavy (non-hydrogen) atoms. The largest absolute Gasteiger partial charge is 0.306 e. The van der Waals surface area contributed by atoms with Crippen LogP contribution in [0.25, 0.3) is 5.57 Å². The monoisotopic (exact) mass is 311 g/mol. The van der Waals surface area contributed by atoms with Gasteiger partial charge in [-0.15, -0.1) is 0 Å². The van der Waals surface area contributed by atoms with E-state index in [0.717, 1.165) is 12.3 Å². The Kier molecular flexibility index (Phi) is 10.1. The third-order valence-electron chi connectivity index (χ3n) is 3.77. The van der Waals surface area contributed by atoms with Crippen molar-refractivity contribution in [1.82, 2.24) is 4.90 Å². The van der Waals surface area contributed by atoms with Crippen molar-refractivity contribution in [2.75, 3.05) is 20.1 Å². The van der Waals surface area contributed by atoms with Crippen LogP contribution in [-0.2, 0) is 0 Å². The molecule has 1 fully saturated rings. The van der Waals surface area contributed by atoms with E-state index in [1.165, 1.54) is 37.1 Å². The molecule has 0 unspecified atom stereocenters. The Balaban J connectivity index is 0.000000223. The highest BCUT2D eigenvalue weighted by Crippen LogP contribution is 2.19. The summed E-state index contributed by atoms with van der Waals surface area (Å²) in [6, 6.07) is 10.5. The summed E-state index contributed by atoms with van der Waals surface area (Å²) < 4.78 is 0. The highest BCUT2D eigenvalue weighted by molar-refractivity contribution is 5.68. The molecule has 1 heteroatoms. The predicted molar refractivity (Wildman–Crippen MR) is 105 cm³/mol. The molecular formula is C22H33N. The SMILES string of the molecule is C1=CC=C(c2ccccc2)CC=C1.CCC.C[C@H]1CCN(C)C1. The van der Waals surface area contributed by atoms with Gasteiger partial charge in [-0.25, -0.2) is 0 Å². The van der Waals surface area contributed by atoms with Crippen LogP contribution in [0.4, 0.5) is 0 Å². The van der Waals surface area contributed by atoms with E-state index in [-0.39, 0.29) is 0 Å². The first-order chi connectivity index (χ1) is 11.2. The van der Waals surface area contributed by atoms with E-state index in [0.29, 0.717) is 0 Å². The maximum absolute atomic E-state index is 2.38. The second kappa shape index (κ2) is 11.9. The van der Waals surface area contributed by atoms with Crippen molar-refractivity contribution in [3.63, 3.8) is 0 Å². The van der Waals surface area contributed by atoms with E-state index in [1.807, 2.05) is 6.07 Å². The molecule has 1 aliphatic carbocycles. The van der Waals surface area contributed by atoms with Crippen molar-refractivity contribution in [2.45, 2.75) is 40.0 Å². The van der Waals surface area contributed by atoms with Crippen LogP contribution in [0.15, 0.2) is 60.7 Å². The molecule has 1 heterocycles. The molecule has 0 radical (unpaired) electrons. The van der Waals surface area contributed by atoms with Crippen molar-refractivity contribution in [3.05, 3.63) is 66.3 Å². The van der Waals surface area contributed by atoms with Gasteiger partial charge in [0.15, 0.2) is 0 Å². The number of likely N-dealkylation sites (tertiary alicyclic amines) is 1. The molecule has 1 aliphatic heterocycles. The summed E-state index contributed by atoms with van der Waals surface area (Å²) in [6.45, 7) is 9.17. The lowest BCUT2D eigenvalue weighted by Crippen LogP contribution is -2.12. The molecule has 0 amide bonds. The molecule has 126 valence electrons. The Morgan fingerprint density at radius 3 is 2.26 bits per heavy atom. The molecule has 0 aromatic heterocycles. The van der Waals surface area contributed by atoms with Gasteiger partial charge in [-0.3, -0.25) is 0 Å². The van der Waals surface area contributed by atoms with Crippen molar-refractivity contribution in [3.8, 4) is 0 Å². The van der Waals surface area contributed by atoms with Crippen LogP contribution >= 0.6 is 0 Å². The first kappa shape index (κ1) is 19.4. The highest BCUT2D eigenvalue weighted by Gasteiger charge is 2.13. The van der Waals surface area contributed by atoms with Crippen molar-refractivity contribution in [2.24, 2.45) is 5.92 Å². The summed E-state index contributed by atoms with van der Waals surface area (Å²) in [4.78, 5) is 2.38. The quantitative estimate of drug-likeness (QED) is 0.618. The average Bonchev–Trinajstić information content (AvgIpc) is 2.80. The fraction of sp³-hybridized carbons (Fsp3) is 0.455. The van der Waals surface area contributed by atoms with Gasteiger partial charge in [-0.1, -0.05) is 87.9 Å². The molecule has 3 rings (SSSR count). The molecule has 1 aromatic carbocycles. The average molecular weight is 312 g/mol. The lowest BCUT2D eigenvalue weighted by molar-refractivity contribution is 0.402. The van der Waals surface area contributed by atoms with Gasteiger partial charge in [0, 0.05) is 6.54 Å². The summed E-state index contributed by atoms with van der Waals surface area (Å²) >= 11 is 0. The molecule has 0 N–H and O–H groups in total. The summed E-state index contributed by atoms with van der Waals surface area (Å²) in [5, 5.41) is 0. The van der Waals surface area contributed by atoms with E-state index < -0.39 is 0 Å². The summed E-state index contributed by atoms with van der Waals surface area (Å²) in [7, 11) is 2.18. The molecule has 1 saturated heterocycles. The second-order valence-electron chi connectivity index (χ2n) is 6.44. The topological polar surface area (TPSA) is 3.24 Å². The molecule has 1 nitrogen and oxygen atoms in total. The third-order valence-corrected chi connectivity index (χ3v) is 3.77. The van der Waals surface area contributed by atoms with Gasteiger partial charge < -0.3 is 4.90 Å². The maximum Gasteiger partial charge on any atom is 0.000445 e. The second-order valence-corrected chi connectivity index (χ2v) is 6.44. The Labute approximate surface area is 143 Å². The number of hydrogen-bond donors (Lipinski definition) is 0. The number of rotatable bonds is 1. The standard InChI is InChI=1S/C13H12.C6H13N.C3H8/c1-2-5-9-12(8-4-1)13-10-6-3-7-11-13;1-6-3-4-7(2)5-6;1-3-2/h1-8,10-11H,9H2;6H,3-5H2,1-2H3;3H2,1-2H3/t;6-;/m.0./s1. The van der Waals surface area contributed by atoms with Gasteiger partial charge in [0.2, 0.25) is 0 Å². The lowest BCUT2D eigenvalue weighted by atomic mass is 10.0. The number of allylic oxidation sites excluding steroid dienone is 6. The molecule has 0 spiro atoms. The number of nitrogens with zero attached hydrogens (tertiary/aromatic N) is 1. The van der Waals surface area contributed by atoms with Crippen molar-refractivity contribution < 1.29 is 0 Å². The minimum Gasteiger partial charge on any atom is -0.306 e. The van der Waals surface area contributed by atoms with E-state index in [2.05, 4.69) is 87.4 Å². The fourth-order valence-electron chi connectivity index (χ4n) is 2.60. The van der Waals surface area contributed by atoms with Crippen LogP contribution in [0.3, 0.4) is 0 Å². The van der Waals surface area contributed by atoms with Gasteiger partial charge in [0.25, 0.3) is 0 Å². The van der Waals surface area contributed by atoms with Crippen LogP contribution in [0.2, 0.25) is 0 Å². The van der Waals surface area contributed by atoms with E-state index in [1.54, 1.807) is 0 Å². The van der Waals surface area contributed by atoms with Crippen molar-refractivity contribution >= 4 is 5.57 Å². The molecule has 1 atom stereocenters. The number of benzene rings is 1. The molecule has 0 saturated carbocycles. The minimum absolute atomic E-state index is 0.949. The van der Waals surface area contributed by atoms with Gasteiger partial charge >= 0.3 is 0 Å². The van der Waals surface area contributed by atoms with Gasteiger partial charge in [0.05, 0.1) is 0 Å². The fourth-order valence-corrected chi connectivity index (χ4v) is 2.60. The molecular weight excluding hydrogens is 278 g/mol. The van der Waals surface area contributed by atoms with Gasteiger partial charge in [0.1, 0.15) is 0 Å². The highest BCUT2D eigenvalue weighted by atomic mass is 15.1. The molecule has 1 aromatic rings. The predicted octanol–water partition coefficient (Wildman–Crippen LogP) is 5.96. The summed E-state index contributed by atoms with van der Waals surface area (Å²) in [5.74, 6) is 0.949. The van der Waals surface area contributed by atoms with Crippen LogP contribution < -0.4 is 0 Å². The Morgan fingerprint density at radius 1 is 1.04 bits per heavy atom. The van der Waals surface area contributed by atoms with E-state index in [9.17, 15) is 0 Å². The molecule has 0 bridgehead atoms. The van der Waals surface area contributed by atoms with Crippen LogP contribution in [0, 0.1) is 5.92 Å². The third kappa shape index (κ3) is 8.56. The van der Waals surface area contributed by atoms with Gasteiger partial charge in [-0.05, 0) is 43.5 Å². The normalized spacial score (nSPS) is 19.8. The first-order valence-electron chi connectivity index (χ1n) is 8.93. The Hall–Kier alpha value is -1.60. The Morgan fingerprint density at radius 2 is 1.74 bits per heavy atom. The lowest BCUT2D eigenvalue weighted by Gasteiger charge is -2.03. The minimum atomic E-state index is 0.949. The summed E-state index contributed by atoms with van der Waals surface area (Å²) in [5.41, 5.74) is 2.70. The maximum atomic E-state index is 2.38. The zero-order valence-corrected chi connectivity index (χ0v) is 15.3. The summed E-state index contributed by atoms with van der Waals surface area (Å²) in [6.07, 6.45) is 14.3. The van der Waals surface area contributed by atoms with Crippen LogP contribution in [0.1, 0.15) is 45.6 Å². The Bertz CT molecular complexity index is 488. The molecule has 2 aliphatic rings. The zero-order valence-electron chi connectivity index (χ0n) is 15.3. The van der Waals surface area contributed by atoms with Crippen molar-refractivity contribution in [1.29, 1.82) is 0 Å². The number of hydrogen-bond acceptors (Lipinski definition) is 1. The first-order valence-corrected chi connectivity index (χ1v) is 8.93. The smallest absolute Gasteiger partial charge is 0.000445 e. The van der Waals surface area contributed by atoms with E-state index >= 15 is 0 Å².